The molecule has 6 heteroatoms. The Morgan fingerprint density at radius 3 is 2.84 bits per heavy atom. The molecule has 0 N–H and O–H groups in total. The molecule has 2 unspecified atom stereocenters. The van der Waals surface area contributed by atoms with Gasteiger partial charge in [-0.1, -0.05) is 36.3 Å². The molecule has 4 atom stereocenters. The average Bonchev–Trinajstić information content (AvgIpc) is 2.82. The zero-order valence-electron chi connectivity index (χ0n) is 18.9. The number of amides is 1. The van der Waals surface area contributed by atoms with Crippen LogP contribution in [0.2, 0.25) is 0 Å². The Bertz CT molecular complexity index is 1150. The number of hydrogen-bond acceptors (Lipinski definition) is 4. The first-order chi connectivity index (χ1) is 15.6. The van der Waals surface area contributed by atoms with Crippen LogP contribution < -0.4 is 5.56 Å². The van der Waals surface area contributed by atoms with Gasteiger partial charge in [-0.2, -0.15) is 5.10 Å². The molecule has 2 aromatic rings. The molecule has 3 fully saturated rings. The summed E-state index contributed by atoms with van der Waals surface area (Å²) in [7, 11) is 1.67. The van der Waals surface area contributed by atoms with Gasteiger partial charge >= 0.3 is 0 Å². The molecule has 3 saturated heterocycles. The van der Waals surface area contributed by atoms with Crippen molar-refractivity contribution in [1.29, 1.82) is 0 Å². The van der Waals surface area contributed by atoms with Gasteiger partial charge in [0.05, 0.1) is 23.5 Å². The minimum Gasteiger partial charge on any atom is -0.335 e. The van der Waals surface area contributed by atoms with Crippen molar-refractivity contribution < 1.29 is 4.79 Å². The standard InChI is InChI=1S/C26H32N4O2/c1-28-26(32)21-9-3-2-8-20(21)22(27-28)15-24(31)30-12-6-7-17-13-18-14-19(25(17)30)16-29-11-5-4-10-23(18)29/h2-3,8-9,13,18-19,23,25H,4-7,10-12,14-16H2,1H3/t18-,19-,23?,25?/m0/s1. The first-order valence-electron chi connectivity index (χ1n) is 12.3. The number of nitrogens with zero attached hydrogens (tertiary/aromatic N) is 4. The lowest BCUT2D eigenvalue weighted by Crippen LogP contribution is -2.60. The molecule has 0 radical (unpaired) electrons. The quantitative estimate of drug-likeness (QED) is 0.685. The molecular formula is C26H32N4O2. The molecule has 3 aliphatic heterocycles. The van der Waals surface area contributed by atoms with Crippen molar-refractivity contribution in [3.8, 4) is 0 Å². The number of carbonyl (C=O) groups excluding carboxylic acids is 1. The minimum atomic E-state index is -0.114. The summed E-state index contributed by atoms with van der Waals surface area (Å²) in [6.45, 7) is 3.18. The van der Waals surface area contributed by atoms with Gasteiger partial charge in [-0.05, 0) is 56.6 Å². The van der Waals surface area contributed by atoms with E-state index in [9.17, 15) is 9.59 Å². The van der Waals surface area contributed by atoms with Crippen molar-refractivity contribution in [1.82, 2.24) is 19.6 Å². The molecule has 1 aromatic carbocycles. The van der Waals surface area contributed by atoms with Crippen LogP contribution in [0.4, 0.5) is 0 Å². The second kappa shape index (κ2) is 7.84. The number of aromatic nitrogens is 2. The van der Waals surface area contributed by atoms with Crippen molar-refractivity contribution in [3.63, 3.8) is 0 Å². The van der Waals surface area contributed by atoms with E-state index in [-0.39, 0.29) is 23.9 Å². The van der Waals surface area contributed by atoms with Crippen LogP contribution in [0, 0.1) is 11.8 Å². The van der Waals surface area contributed by atoms with Gasteiger partial charge in [0.15, 0.2) is 0 Å². The van der Waals surface area contributed by atoms with Crippen LogP contribution in [0.15, 0.2) is 40.7 Å². The van der Waals surface area contributed by atoms with E-state index in [0.29, 0.717) is 22.9 Å². The fraction of sp³-hybridized carbons (Fsp3) is 0.577. The Morgan fingerprint density at radius 2 is 1.97 bits per heavy atom. The maximum atomic E-state index is 13.7. The van der Waals surface area contributed by atoms with E-state index >= 15 is 0 Å². The fourth-order valence-corrected chi connectivity index (χ4v) is 7.00. The molecule has 0 spiro atoms. The number of hydrogen-bond donors (Lipinski definition) is 0. The third kappa shape index (κ3) is 3.22. The largest absolute Gasteiger partial charge is 0.335 e. The van der Waals surface area contributed by atoms with Crippen molar-refractivity contribution in [3.05, 3.63) is 52.0 Å². The molecular weight excluding hydrogens is 400 g/mol. The molecule has 6 nitrogen and oxygen atoms in total. The van der Waals surface area contributed by atoms with E-state index in [1.165, 1.54) is 42.5 Å². The highest BCUT2D eigenvalue weighted by molar-refractivity contribution is 5.88. The molecule has 2 bridgehead atoms. The van der Waals surface area contributed by atoms with Crippen molar-refractivity contribution >= 4 is 16.7 Å². The lowest BCUT2D eigenvalue weighted by atomic mass is 9.68. The second-order valence-electron chi connectivity index (χ2n) is 10.2. The average molecular weight is 433 g/mol. The van der Waals surface area contributed by atoms with E-state index in [4.69, 9.17) is 0 Å². The Balaban J connectivity index is 1.31. The van der Waals surface area contributed by atoms with Crippen LogP contribution in [-0.4, -0.2) is 57.2 Å². The summed E-state index contributed by atoms with van der Waals surface area (Å²) in [6, 6.07) is 8.49. The van der Waals surface area contributed by atoms with E-state index in [1.807, 2.05) is 24.3 Å². The highest BCUT2D eigenvalue weighted by Crippen LogP contribution is 2.45. The second-order valence-corrected chi connectivity index (χ2v) is 10.2. The molecule has 4 aliphatic rings. The first-order valence-corrected chi connectivity index (χ1v) is 12.3. The van der Waals surface area contributed by atoms with Crippen LogP contribution in [0.1, 0.15) is 44.2 Å². The maximum Gasteiger partial charge on any atom is 0.274 e. The highest BCUT2D eigenvalue weighted by Gasteiger charge is 2.46. The maximum absolute atomic E-state index is 13.7. The van der Waals surface area contributed by atoms with E-state index in [2.05, 4.69) is 21.0 Å². The zero-order valence-corrected chi connectivity index (χ0v) is 18.9. The minimum absolute atomic E-state index is 0.114. The number of fused-ring (bicyclic) bond motifs is 7. The molecule has 4 heterocycles. The summed E-state index contributed by atoms with van der Waals surface area (Å²) < 4.78 is 1.37. The monoisotopic (exact) mass is 432 g/mol. The SMILES string of the molecule is Cn1nc(CC(=O)N2CCCC3=C[C@H]4C[C@@H](CN5CCCCC45)C32)c2ccccc2c1=O. The summed E-state index contributed by atoms with van der Waals surface area (Å²) in [5, 5.41) is 5.93. The van der Waals surface area contributed by atoms with Gasteiger partial charge in [-0.15, -0.1) is 0 Å². The molecule has 1 aromatic heterocycles. The van der Waals surface area contributed by atoms with Gasteiger partial charge < -0.3 is 4.90 Å². The van der Waals surface area contributed by atoms with Crippen LogP contribution in [0.3, 0.4) is 0 Å². The van der Waals surface area contributed by atoms with Gasteiger partial charge in [0, 0.05) is 31.6 Å². The summed E-state index contributed by atoms with van der Waals surface area (Å²) in [5.74, 6) is 1.36. The van der Waals surface area contributed by atoms with Crippen LogP contribution in [0.25, 0.3) is 10.8 Å². The Hall–Kier alpha value is -2.47. The van der Waals surface area contributed by atoms with Crippen molar-refractivity contribution in [2.24, 2.45) is 18.9 Å². The summed E-state index contributed by atoms with van der Waals surface area (Å²) in [5.41, 5.74) is 2.10. The Kier molecular flexibility index (Phi) is 4.94. The predicted octanol–water partition coefficient (Wildman–Crippen LogP) is 2.90. The van der Waals surface area contributed by atoms with Gasteiger partial charge in [0.1, 0.15) is 0 Å². The molecule has 32 heavy (non-hydrogen) atoms. The summed E-state index contributed by atoms with van der Waals surface area (Å²) >= 11 is 0. The molecule has 1 amide bonds. The smallest absolute Gasteiger partial charge is 0.274 e. The number of carbonyl (C=O) groups is 1. The number of aryl methyl sites for hydroxylation is 1. The number of piperidine rings is 3. The molecule has 168 valence electrons. The Labute approximate surface area is 188 Å². The lowest BCUT2D eigenvalue weighted by molar-refractivity contribution is -0.135. The van der Waals surface area contributed by atoms with Crippen LogP contribution >= 0.6 is 0 Å². The summed E-state index contributed by atoms with van der Waals surface area (Å²) in [4.78, 5) is 31.0. The molecule has 0 saturated carbocycles. The van der Waals surface area contributed by atoms with Crippen LogP contribution in [0.5, 0.6) is 0 Å². The summed E-state index contributed by atoms with van der Waals surface area (Å²) in [6.07, 6.45) is 10.2. The van der Waals surface area contributed by atoms with Crippen LogP contribution in [-0.2, 0) is 18.3 Å². The fourth-order valence-electron chi connectivity index (χ4n) is 7.00. The molecule has 6 rings (SSSR count). The van der Waals surface area contributed by atoms with Gasteiger partial charge in [0.2, 0.25) is 5.91 Å². The third-order valence-corrected chi connectivity index (χ3v) is 8.33. The zero-order chi connectivity index (χ0) is 21.8. The topological polar surface area (TPSA) is 58.4 Å². The highest BCUT2D eigenvalue weighted by atomic mass is 16.2. The van der Waals surface area contributed by atoms with Crippen molar-refractivity contribution in [2.75, 3.05) is 19.6 Å². The Morgan fingerprint density at radius 1 is 1.12 bits per heavy atom. The van der Waals surface area contributed by atoms with E-state index in [0.717, 1.165) is 37.4 Å². The number of likely N-dealkylation sites (tertiary alicyclic amines) is 1. The number of benzene rings is 1. The van der Waals surface area contributed by atoms with Crippen molar-refractivity contribution in [2.45, 2.75) is 57.0 Å². The van der Waals surface area contributed by atoms with Gasteiger partial charge in [-0.25, -0.2) is 4.68 Å². The van der Waals surface area contributed by atoms with E-state index < -0.39 is 0 Å². The van der Waals surface area contributed by atoms with Gasteiger partial charge in [0.25, 0.3) is 5.56 Å². The normalized spacial score (nSPS) is 29.9. The lowest BCUT2D eigenvalue weighted by Gasteiger charge is -2.54. The predicted molar refractivity (Wildman–Crippen MR) is 124 cm³/mol. The third-order valence-electron chi connectivity index (χ3n) is 8.33. The molecule has 1 aliphatic carbocycles. The van der Waals surface area contributed by atoms with Gasteiger partial charge in [-0.3, -0.25) is 14.5 Å². The van der Waals surface area contributed by atoms with E-state index in [1.54, 1.807) is 7.05 Å². The number of rotatable bonds is 2. The first kappa shape index (κ1) is 20.2.